The number of aromatic nitrogens is 2. The van der Waals surface area contributed by atoms with Crippen molar-refractivity contribution in [3.05, 3.63) is 114 Å². The van der Waals surface area contributed by atoms with Crippen LogP contribution in [0.3, 0.4) is 0 Å². The predicted octanol–water partition coefficient (Wildman–Crippen LogP) is 5.77. The van der Waals surface area contributed by atoms with Crippen LogP contribution in [0, 0.1) is 5.82 Å². The minimum absolute atomic E-state index is 0.0263. The summed E-state index contributed by atoms with van der Waals surface area (Å²) in [4.78, 5) is 26.9. The van der Waals surface area contributed by atoms with Gasteiger partial charge in [0, 0.05) is 28.7 Å². The number of para-hydroxylation sites is 1. The van der Waals surface area contributed by atoms with Gasteiger partial charge < -0.3 is 19.5 Å². The molecule has 0 unspecified atom stereocenters. The van der Waals surface area contributed by atoms with Crippen molar-refractivity contribution in [2.45, 2.75) is 26.7 Å². The van der Waals surface area contributed by atoms with Gasteiger partial charge in [-0.15, -0.1) is 0 Å². The Morgan fingerprint density at radius 3 is 2.15 bits per heavy atom. The van der Waals surface area contributed by atoms with Crippen LogP contribution in [-0.4, -0.2) is 41.5 Å². The highest BCUT2D eigenvalue weighted by atomic mass is 19.1. The molecule has 0 bridgehead atoms. The molecular formula is C32H32FN3O5. The van der Waals surface area contributed by atoms with Crippen molar-refractivity contribution in [2.24, 2.45) is 0 Å². The highest BCUT2D eigenvalue weighted by molar-refractivity contribution is 6.00. The number of allylic oxidation sites excluding steroid dienone is 2. The lowest BCUT2D eigenvalue weighted by atomic mass is 9.79. The average molecular weight is 558 g/mol. The Labute approximate surface area is 238 Å². The number of carbonyl (C=O) groups is 2. The summed E-state index contributed by atoms with van der Waals surface area (Å²) in [7, 11) is 0. The van der Waals surface area contributed by atoms with Gasteiger partial charge in [0.05, 0.1) is 35.1 Å². The molecular weight excluding hydrogens is 525 g/mol. The zero-order valence-electron chi connectivity index (χ0n) is 23.3. The second kappa shape index (κ2) is 13.0. The average Bonchev–Trinajstić information content (AvgIpc) is 3.41. The van der Waals surface area contributed by atoms with Gasteiger partial charge in [-0.2, -0.15) is 5.10 Å². The largest absolute Gasteiger partial charge is 0.491 e. The first-order valence-electron chi connectivity index (χ1n) is 13.1. The van der Waals surface area contributed by atoms with Gasteiger partial charge in [-0.05, 0) is 51.1 Å². The molecule has 1 N–H and O–H groups in total. The summed E-state index contributed by atoms with van der Waals surface area (Å²) in [6.45, 7) is 12.7. The fourth-order valence-electron chi connectivity index (χ4n) is 4.73. The molecule has 2 heterocycles. The third-order valence-electron chi connectivity index (χ3n) is 6.44. The molecule has 0 radical (unpaired) electrons. The highest BCUT2D eigenvalue weighted by Crippen LogP contribution is 2.43. The summed E-state index contributed by atoms with van der Waals surface area (Å²) in [6.07, 6.45) is 4.65. The molecule has 41 heavy (non-hydrogen) atoms. The van der Waals surface area contributed by atoms with E-state index in [1.165, 1.54) is 24.3 Å². The molecule has 0 spiro atoms. The second-order valence-electron chi connectivity index (χ2n) is 9.20. The molecule has 0 fully saturated rings. The van der Waals surface area contributed by atoms with Gasteiger partial charge >= 0.3 is 11.9 Å². The molecule has 2 aromatic carbocycles. The first kappa shape index (κ1) is 29.1. The normalized spacial score (nSPS) is 13.5. The molecule has 3 aromatic rings. The molecule has 0 saturated carbocycles. The van der Waals surface area contributed by atoms with E-state index in [0.29, 0.717) is 34.8 Å². The van der Waals surface area contributed by atoms with Crippen LogP contribution >= 0.6 is 0 Å². The number of ether oxygens (including phenoxy) is 3. The van der Waals surface area contributed by atoms with Crippen molar-refractivity contribution in [2.75, 3.05) is 19.8 Å². The van der Waals surface area contributed by atoms with Gasteiger partial charge in [0.15, 0.2) is 11.6 Å². The van der Waals surface area contributed by atoms with E-state index >= 15 is 4.39 Å². The second-order valence-corrected chi connectivity index (χ2v) is 9.20. The Kier molecular flexibility index (Phi) is 9.19. The molecule has 1 aliphatic heterocycles. The first-order chi connectivity index (χ1) is 19.8. The molecule has 4 rings (SSSR count). The van der Waals surface area contributed by atoms with E-state index in [9.17, 15) is 9.59 Å². The van der Waals surface area contributed by atoms with Crippen LogP contribution in [0.4, 0.5) is 4.39 Å². The molecule has 0 amide bonds. The third-order valence-corrected chi connectivity index (χ3v) is 6.44. The van der Waals surface area contributed by atoms with Gasteiger partial charge in [-0.25, -0.2) is 18.7 Å². The number of rotatable bonds is 11. The zero-order valence-corrected chi connectivity index (χ0v) is 23.3. The number of dihydropyridines is 1. The first-order valence-corrected chi connectivity index (χ1v) is 13.1. The maximum absolute atomic E-state index is 15.1. The van der Waals surface area contributed by atoms with Gasteiger partial charge in [0.2, 0.25) is 0 Å². The van der Waals surface area contributed by atoms with Crippen molar-refractivity contribution in [3.8, 4) is 22.7 Å². The fourth-order valence-corrected chi connectivity index (χ4v) is 4.73. The Bertz CT molecular complexity index is 1490. The van der Waals surface area contributed by atoms with Crippen LogP contribution in [0.1, 0.15) is 32.3 Å². The monoisotopic (exact) mass is 557 g/mol. The molecule has 0 saturated heterocycles. The summed E-state index contributed by atoms with van der Waals surface area (Å²) < 4.78 is 33.0. The lowest BCUT2D eigenvalue weighted by Crippen LogP contribution is -2.32. The highest BCUT2D eigenvalue weighted by Gasteiger charge is 2.40. The number of esters is 2. The molecule has 9 heteroatoms. The molecule has 1 aromatic heterocycles. The van der Waals surface area contributed by atoms with Crippen molar-refractivity contribution < 1.29 is 28.2 Å². The van der Waals surface area contributed by atoms with Gasteiger partial charge in [-0.1, -0.05) is 43.5 Å². The standard InChI is InChI=1S/C32H32FN3O5/c1-6-16-40-31(37)27-20(4)34-21(5)28(32(38)41-17-7-2)29(27)24-19-36(23-12-10-9-11-13-23)35-30(24)22-14-15-26(39-8-3)25(33)18-22/h6-7,9-15,18-19,29,34H,1-2,8,16-17H2,3-5H3. The summed E-state index contributed by atoms with van der Waals surface area (Å²) in [5, 5.41) is 7.94. The Morgan fingerprint density at radius 2 is 1.61 bits per heavy atom. The number of hydrogen-bond donors (Lipinski definition) is 1. The van der Waals surface area contributed by atoms with Gasteiger partial charge in [-0.3, -0.25) is 0 Å². The zero-order chi connectivity index (χ0) is 29.5. The fraction of sp³-hybridized carbons (Fsp3) is 0.219. The smallest absolute Gasteiger partial charge is 0.337 e. The molecule has 0 aliphatic carbocycles. The lowest BCUT2D eigenvalue weighted by Gasteiger charge is -2.30. The molecule has 0 atom stereocenters. The summed E-state index contributed by atoms with van der Waals surface area (Å²) in [6, 6.07) is 13.9. The van der Waals surface area contributed by atoms with Crippen molar-refractivity contribution in [1.29, 1.82) is 0 Å². The third kappa shape index (κ3) is 6.14. The van der Waals surface area contributed by atoms with Gasteiger partial charge in [0.25, 0.3) is 0 Å². The van der Waals surface area contributed by atoms with Crippen molar-refractivity contribution in [3.63, 3.8) is 0 Å². The van der Waals surface area contributed by atoms with Gasteiger partial charge in [0.1, 0.15) is 13.2 Å². The number of halogens is 1. The molecule has 8 nitrogen and oxygen atoms in total. The van der Waals surface area contributed by atoms with E-state index in [1.807, 2.05) is 30.3 Å². The van der Waals surface area contributed by atoms with E-state index in [-0.39, 0.29) is 30.1 Å². The van der Waals surface area contributed by atoms with E-state index in [1.54, 1.807) is 37.7 Å². The summed E-state index contributed by atoms with van der Waals surface area (Å²) >= 11 is 0. The Morgan fingerprint density at radius 1 is 1.00 bits per heavy atom. The maximum atomic E-state index is 15.1. The number of nitrogens with one attached hydrogen (secondary N) is 1. The predicted molar refractivity (Wildman–Crippen MR) is 154 cm³/mol. The SMILES string of the molecule is C=CCOC(=O)C1=C(C)NC(C)=C(C(=O)OCC=C)C1c1cn(-c2ccccc2)nc1-c1ccc(OCC)c(F)c1. The summed E-state index contributed by atoms with van der Waals surface area (Å²) in [5.74, 6) is -2.69. The van der Waals surface area contributed by atoms with Crippen LogP contribution in [0.5, 0.6) is 5.75 Å². The van der Waals surface area contributed by atoms with Crippen LogP contribution in [-0.2, 0) is 19.1 Å². The van der Waals surface area contributed by atoms with Crippen LogP contribution < -0.4 is 10.1 Å². The van der Waals surface area contributed by atoms with E-state index in [4.69, 9.17) is 19.3 Å². The van der Waals surface area contributed by atoms with E-state index in [2.05, 4.69) is 18.5 Å². The lowest BCUT2D eigenvalue weighted by molar-refractivity contribution is -0.138. The number of nitrogens with zero attached hydrogens (tertiary/aromatic N) is 2. The van der Waals surface area contributed by atoms with Crippen molar-refractivity contribution in [1.82, 2.24) is 15.1 Å². The molecule has 1 aliphatic rings. The minimum Gasteiger partial charge on any atom is -0.491 e. The van der Waals surface area contributed by atoms with E-state index < -0.39 is 23.7 Å². The Balaban J connectivity index is 1.99. The number of carbonyl (C=O) groups excluding carboxylic acids is 2. The van der Waals surface area contributed by atoms with Crippen LogP contribution in [0.25, 0.3) is 16.9 Å². The number of benzene rings is 2. The maximum Gasteiger partial charge on any atom is 0.337 e. The van der Waals surface area contributed by atoms with E-state index in [0.717, 1.165) is 5.69 Å². The molecule has 212 valence electrons. The van der Waals surface area contributed by atoms with Crippen molar-refractivity contribution >= 4 is 11.9 Å². The Hall–Kier alpha value is -4.92. The number of hydrogen-bond acceptors (Lipinski definition) is 7. The quantitative estimate of drug-likeness (QED) is 0.236. The van der Waals surface area contributed by atoms with Crippen LogP contribution in [0.2, 0.25) is 0 Å². The van der Waals surface area contributed by atoms with Crippen LogP contribution in [0.15, 0.2) is 103 Å². The topological polar surface area (TPSA) is 91.7 Å². The summed E-state index contributed by atoms with van der Waals surface area (Å²) in [5.41, 5.74) is 3.40. The minimum atomic E-state index is -0.951.